The van der Waals surface area contributed by atoms with Crippen LogP contribution >= 0.6 is 11.3 Å². The maximum Gasteiger partial charge on any atom is 0.254 e. The van der Waals surface area contributed by atoms with Gasteiger partial charge in [-0.15, -0.1) is 11.3 Å². The number of hydrogen-bond acceptors (Lipinski definition) is 5. The van der Waals surface area contributed by atoms with Gasteiger partial charge < -0.3 is 9.64 Å². The van der Waals surface area contributed by atoms with Crippen LogP contribution < -0.4 is 0 Å². The second-order valence-corrected chi connectivity index (χ2v) is 6.85. The van der Waals surface area contributed by atoms with Gasteiger partial charge in [-0.25, -0.2) is 4.98 Å². The number of aryl methyl sites for hydroxylation is 1. The predicted octanol–water partition coefficient (Wildman–Crippen LogP) is 3.21. The number of benzene rings is 1. The van der Waals surface area contributed by atoms with E-state index in [1.807, 2.05) is 47.5 Å². The fourth-order valence-electron chi connectivity index (χ4n) is 3.00. The molecular formula is C18H17N3O2S. The Kier molecular flexibility index (Phi) is 4.00. The van der Waals surface area contributed by atoms with Gasteiger partial charge in [-0.1, -0.05) is 6.07 Å². The highest BCUT2D eigenvalue weighted by Crippen LogP contribution is 2.27. The minimum atomic E-state index is -0.124. The number of pyridine rings is 1. The standard InChI is InChI=1S/C18H17N3O2S/c1-12-20-16(11-24-12)17-10-23-8-7-21(17)18(22)14-4-5-15-13(9-14)3-2-6-19-15/h2-6,9,11,17H,7-8,10H2,1H3/t17-/m1/s1. The summed E-state index contributed by atoms with van der Waals surface area (Å²) in [6, 6.07) is 9.37. The third kappa shape index (κ3) is 2.79. The highest BCUT2D eigenvalue weighted by atomic mass is 32.1. The summed E-state index contributed by atoms with van der Waals surface area (Å²) in [7, 11) is 0. The first-order valence-electron chi connectivity index (χ1n) is 7.88. The number of aromatic nitrogens is 2. The Morgan fingerprint density at radius 3 is 3.12 bits per heavy atom. The third-order valence-electron chi connectivity index (χ3n) is 4.22. The Bertz CT molecular complexity index is 893. The zero-order chi connectivity index (χ0) is 16.5. The molecule has 0 aliphatic carbocycles. The summed E-state index contributed by atoms with van der Waals surface area (Å²) in [4.78, 5) is 23.8. The Morgan fingerprint density at radius 1 is 1.38 bits per heavy atom. The molecule has 1 fully saturated rings. The van der Waals surface area contributed by atoms with Crippen LogP contribution in [0.1, 0.15) is 27.1 Å². The van der Waals surface area contributed by atoms with E-state index >= 15 is 0 Å². The van der Waals surface area contributed by atoms with Gasteiger partial charge in [0.2, 0.25) is 0 Å². The number of thiazole rings is 1. The van der Waals surface area contributed by atoms with Crippen molar-refractivity contribution >= 4 is 28.1 Å². The van der Waals surface area contributed by atoms with E-state index in [0.29, 0.717) is 25.3 Å². The maximum atomic E-state index is 13.1. The van der Waals surface area contributed by atoms with Crippen LogP contribution in [0.4, 0.5) is 0 Å². The van der Waals surface area contributed by atoms with Gasteiger partial charge in [-0.3, -0.25) is 9.78 Å². The molecule has 1 saturated heterocycles. The Balaban J connectivity index is 1.67. The van der Waals surface area contributed by atoms with Crippen LogP contribution in [-0.2, 0) is 4.74 Å². The molecule has 1 atom stereocenters. The molecule has 3 aromatic rings. The Hall–Kier alpha value is -2.31. The number of morpholine rings is 1. The van der Waals surface area contributed by atoms with Gasteiger partial charge in [-0.05, 0) is 31.2 Å². The van der Waals surface area contributed by atoms with Crippen molar-refractivity contribution in [1.82, 2.24) is 14.9 Å². The van der Waals surface area contributed by atoms with Crippen molar-refractivity contribution in [3.05, 3.63) is 58.2 Å². The van der Waals surface area contributed by atoms with Crippen molar-refractivity contribution in [2.75, 3.05) is 19.8 Å². The second kappa shape index (κ2) is 6.30. The highest BCUT2D eigenvalue weighted by molar-refractivity contribution is 7.09. The van der Waals surface area contributed by atoms with Gasteiger partial charge in [0.05, 0.1) is 35.5 Å². The molecule has 1 aliphatic rings. The SMILES string of the molecule is Cc1nc([C@H]2COCCN2C(=O)c2ccc3ncccc3c2)cs1. The largest absolute Gasteiger partial charge is 0.377 e. The highest BCUT2D eigenvalue weighted by Gasteiger charge is 2.30. The summed E-state index contributed by atoms with van der Waals surface area (Å²) in [5, 5.41) is 3.98. The number of hydrogen-bond donors (Lipinski definition) is 0. The lowest BCUT2D eigenvalue weighted by atomic mass is 10.1. The number of ether oxygens (including phenoxy) is 1. The van der Waals surface area contributed by atoms with Crippen molar-refractivity contribution in [3.8, 4) is 0 Å². The number of rotatable bonds is 2. The van der Waals surface area contributed by atoms with Gasteiger partial charge in [0, 0.05) is 29.1 Å². The first-order chi connectivity index (χ1) is 11.7. The fraction of sp³-hybridized carbons (Fsp3) is 0.278. The smallest absolute Gasteiger partial charge is 0.254 e. The lowest BCUT2D eigenvalue weighted by Crippen LogP contribution is -2.43. The summed E-state index contributed by atoms with van der Waals surface area (Å²) in [6.45, 7) is 3.59. The third-order valence-corrected chi connectivity index (χ3v) is 5.01. The molecule has 0 radical (unpaired) electrons. The molecule has 0 saturated carbocycles. The van der Waals surface area contributed by atoms with Crippen LogP contribution in [-0.4, -0.2) is 40.5 Å². The van der Waals surface area contributed by atoms with Crippen molar-refractivity contribution in [2.45, 2.75) is 13.0 Å². The van der Waals surface area contributed by atoms with E-state index in [1.165, 1.54) is 0 Å². The summed E-state index contributed by atoms with van der Waals surface area (Å²) in [5.41, 5.74) is 2.48. The van der Waals surface area contributed by atoms with E-state index in [9.17, 15) is 4.79 Å². The predicted molar refractivity (Wildman–Crippen MR) is 93.2 cm³/mol. The summed E-state index contributed by atoms with van der Waals surface area (Å²) < 4.78 is 5.59. The summed E-state index contributed by atoms with van der Waals surface area (Å²) >= 11 is 1.60. The molecule has 0 unspecified atom stereocenters. The number of carbonyl (C=O) groups is 1. The van der Waals surface area contributed by atoms with Gasteiger partial charge >= 0.3 is 0 Å². The molecule has 2 aromatic heterocycles. The molecule has 5 nitrogen and oxygen atoms in total. The molecular weight excluding hydrogens is 322 g/mol. The number of amides is 1. The van der Waals surface area contributed by atoms with Gasteiger partial charge in [0.25, 0.3) is 5.91 Å². The van der Waals surface area contributed by atoms with Crippen LogP contribution in [0.15, 0.2) is 41.9 Å². The summed E-state index contributed by atoms with van der Waals surface area (Å²) in [6.07, 6.45) is 1.76. The van der Waals surface area contributed by atoms with Crippen molar-refractivity contribution in [1.29, 1.82) is 0 Å². The number of fused-ring (bicyclic) bond motifs is 1. The van der Waals surface area contributed by atoms with Crippen LogP contribution in [0.3, 0.4) is 0 Å². The quantitative estimate of drug-likeness (QED) is 0.719. The van der Waals surface area contributed by atoms with E-state index in [-0.39, 0.29) is 11.9 Å². The monoisotopic (exact) mass is 339 g/mol. The van der Waals surface area contributed by atoms with Gasteiger partial charge in [0.15, 0.2) is 0 Å². The van der Waals surface area contributed by atoms with Crippen LogP contribution in [0.5, 0.6) is 0 Å². The second-order valence-electron chi connectivity index (χ2n) is 5.79. The van der Waals surface area contributed by atoms with Crippen LogP contribution in [0, 0.1) is 6.92 Å². The Morgan fingerprint density at radius 2 is 2.29 bits per heavy atom. The number of carbonyl (C=O) groups excluding carboxylic acids is 1. The molecule has 1 aliphatic heterocycles. The molecule has 0 bridgehead atoms. The molecule has 3 heterocycles. The normalized spacial score (nSPS) is 18.0. The van der Waals surface area contributed by atoms with Gasteiger partial charge in [-0.2, -0.15) is 0 Å². The van der Waals surface area contributed by atoms with E-state index < -0.39 is 0 Å². The molecule has 4 rings (SSSR count). The van der Waals surface area contributed by atoms with Crippen LogP contribution in [0.25, 0.3) is 10.9 Å². The van der Waals surface area contributed by atoms with E-state index in [0.717, 1.165) is 21.6 Å². The molecule has 0 spiro atoms. The van der Waals surface area contributed by atoms with E-state index in [2.05, 4.69) is 9.97 Å². The zero-order valence-electron chi connectivity index (χ0n) is 13.3. The minimum absolute atomic E-state index is 0.0136. The molecule has 24 heavy (non-hydrogen) atoms. The molecule has 1 aromatic carbocycles. The average Bonchev–Trinajstić information content (AvgIpc) is 3.07. The summed E-state index contributed by atoms with van der Waals surface area (Å²) in [5.74, 6) is 0.0136. The molecule has 1 amide bonds. The number of nitrogens with zero attached hydrogens (tertiary/aromatic N) is 3. The van der Waals surface area contributed by atoms with Crippen molar-refractivity contribution in [3.63, 3.8) is 0 Å². The molecule has 6 heteroatoms. The first kappa shape index (κ1) is 15.2. The average molecular weight is 339 g/mol. The maximum absolute atomic E-state index is 13.1. The fourth-order valence-corrected chi connectivity index (χ4v) is 3.66. The van der Waals surface area contributed by atoms with Crippen molar-refractivity contribution in [2.24, 2.45) is 0 Å². The van der Waals surface area contributed by atoms with E-state index in [1.54, 1.807) is 17.5 Å². The zero-order valence-corrected chi connectivity index (χ0v) is 14.1. The van der Waals surface area contributed by atoms with E-state index in [4.69, 9.17) is 4.74 Å². The first-order valence-corrected chi connectivity index (χ1v) is 8.76. The van der Waals surface area contributed by atoms with Gasteiger partial charge in [0.1, 0.15) is 0 Å². The topological polar surface area (TPSA) is 55.3 Å². The minimum Gasteiger partial charge on any atom is -0.377 e. The van der Waals surface area contributed by atoms with Crippen molar-refractivity contribution < 1.29 is 9.53 Å². The lowest BCUT2D eigenvalue weighted by Gasteiger charge is -2.34. The molecule has 0 N–H and O–H groups in total. The van der Waals surface area contributed by atoms with Crippen LogP contribution in [0.2, 0.25) is 0 Å². The lowest BCUT2D eigenvalue weighted by molar-refractivity contribution is -0.00375. The molecule has 122 valence electrons. The Labute approximate surface area is 143 Å².